The first-order chi connectivity index (χ1) is 17.3. The zero-order valence-electron chi connectivity index (χ0n) is 20.9. The number of rotatable bonds is 4. The first-order valence-corrected chi connectivity index (χ1v) is 12.9. The summed E-state index contributed by atoms with van der Waals surface area (Å²) in [5.41, 5.74) is 1.23. The van der Waals surface area contributed by atoms with Gasteiger partial charge in [-0.05, 0) is 43.4 Å². The van der Waals surface area contributed by atoms with E-state index >= 15 is 0 Å². The molecule has 1 aromatic heterocycles. The van der Waals surface area contributed by atoms with E-state index in [4.69, 9.17) is 9.72 Å². The highest BCUT2D eigenvalue weighted by atomic mass is 16.6. The number of carbonyl (C=O) groups is 3. The Bertz CT molecular complexity index is 1210. The molecule has 188 valence electrons. The van der Waals surface area contributed by atoms with Gasteiger partial charge in [0.1, 0.15) is 5.82 Å². The molecular weight excluding hydrogens is 456 g/mol. The van der Waals surface area contributed by atoms with Crippen molar-refractivity contribution < 1.29 is 19.1 Å². The highest BCUT2D eigenvalue weighted by Gasteiger charge is 2.57. The number of hydrogen-bond acceptors (Lipinski definition) is 6. The molecule has 3 aliphatic heterocycles. The van der Waals surface area contributed by atoms with Gasteiger partial charge in [0.15, 0.2) is 5.60 Å². The third kappa shape index (κ3) is 3.57. The molecule has 1 atom stereocenters. The van der Waals surface area contributed by atoms with Gasteiger partial charge in [0.2, 0.25) is 11.8 Å². The second-order valence-electron chi connectivity index (χ2n) is 10.9. The van der Waals surface area contributed by atoms with E-state index in [2.05, 4.69) is 4.90 Å². The van der Waals surface area contributed by atoms with E-state index < -0.39 is 11.0 Å². The Morgan fingerprint density at radius 2 is 1.78 bits per heavy atom. The topological polar surface area (TPSA) is 83.0 Å². The summed E-state index contributed by atoms with van der Waals surface area (Å²) in [6, 6.07) is 11.6. The fourth-order valence-corrected chi connectivity index (χ4v) is 6.23. The van der Waals surface area contributed by atoms with Gasteiger partial charge in [-0.15, -0.1) is 0 Å². The van der Waals surface area contributed by atoms with Crippen molar-refractivity contribution in [3.63, 3.8) is 0 Å². The summed E-state index contributed by atoms with van der Waals surface area (Å²) >= 11 is 0. The van der Waals surface area contributed by atoms with Gasteiger partial charge < -0.3 is 19.4 Å². The molecule has 0 unspecified atom stereocenters. The van der Waals surface area contributed by atoms with Crippen LogP contribution >= 0.6 is 0 Å². The van der Waals surface area contributed by atoms with Crippen LogP contribution in [-0.4, -0.2) is 72.8 Å². The minimum absolute atomic E-state index is 0.0812. The van der Waals surface area contributed by atoms with Crippen molar-refractivity contribution in [2.45, 2.75) is 43.1 Å². The van der Waals surface area contributed by atoms with Crippen LogP contribution in [0.5, 0.6) is 0 Å². The molecule has 6 rings (SSSR count). The molecule has 1 spiro atoms. The molecule has 1 aliphatic carbocycles. The Balaban J connectivity index is 1.13. The standard InChI is InChI=1S/C28H32N4O4/c1-30(2)24(33)19-9-14-31(15-10-19)23-8-7-20(17-29-23)27(11-12-27)26(35)32-16-13-28(18-32)22-6-4-3-5-21(22)25(34)36-28/h3-8,17,19H,9-16,18H2,1-2H3/t28-/m0/s1. The lowest BCUT2D eigenvalue weighted by Gasteiger charge is -2.33. The Morgan fingerprint density at radius 3 is 2.44 bits per heavy atom. The van der Waals surface area contributed by atoms with Gasteiger partial charge in [-0.2, -0.15) is 0 Å². The zero-order valence-corrected chi connectivity index (χ0v) is 20.9. The molecule has 4 heterocycles. The molecule has 1 saturated carbocycles. The number of piperidine rings is 1. The highest BCUT2D eigenvalue weighted by molar-refractivity contribution is 5.96. The van der Waals surface area contributed by atoms with Crippen molar-refractivity contribution in [2.75, 3.05) is 45.2 Å². The molecule has 8 nitrogen and oxygen atoms in total. The highest BCUT2D eigenvalue weighted by Crippen LogP contribution is 2.52. The Hall–Kier alpha value is -3.42. The van der Waals surface area contributed by atoms with Crippen LogP contribution in [0.3, 0.4) is 0 Å². The number of ether oxygens (including phenoxy) is 1. The number of fused-ring (bicyclic) bond motifs is 2. The predicted molar refractivity (Wildman–Crippen MR) is 134 cm³/mol. The van der Waals surface area contributed by atoms with E-state index in [0.717, 1.165) is 55.7 Å². The summed E-state index contributed by atoms with van der Waals surface area (Å²) in [5, 5.41) is 0. The average molecular weight is 489 g/mol. The molecule has 1 aromatic carbocycles. The van der Waals surface area contributed by atoms with Gasteiger partial charge in [-0.3, -0.25) is 9.59 Å². The average Bonchev–Trinajstić information content (AvgIpc) is 3.54. The van der Waals surface area contributed by atoms with Crippen LogP contribution in [0.1, 0.15) is 53.6 Å². The smallest absolute Gasteiger partial charge is 0.339 e. The van der Waals surface area contributed by atoms with E-state index in [1.807, 2.05) is 55.5 Å². The number of esters is 1. The van der Waals surface area contributed by atoms with Crippen molar-refractivity contribution in [3.8, 4) is 0 Å². The molecule has 8 heteroatoms. The SMILES string of the molecule is CN(C)C(=O)C1CCN(c2ccc(C3(C(=O)N4CC[C@@]5(C4)OC(=O)c4ccccc45)CC3)cn2)CC1. The minimum Gasteiger partial charge on any atom is -0.449 e. The van der Waals surface area contributed by atoms with Crippen molar-refractivity contribution in [2.24, 2.45) is 5.92 Å². The molecule has 3 fully saturated rings. The Morgan fingerprint density at radius 1 is 1.03 bits per heavy atom. The zero-order chi connectivity index (χ0) is 25.1. The van der Waals surface area contributed by atoms with E-state index in [1.54, 1.807) is 11.0 Å². The second-order valence-corrected chi connectivity index (χ2v) is 10.9. The summed E-state index contributed by atoms with van der Waals surface area (Å²) in [4.78, 5) is 48.9. The van der Waals surface area contributed by atoms with Gasteiger partial charge in [0, 0.05) is 57.8 Å². The maximum Gasteiger partial charge on any atom is 0.339 e. The predicted octanol–water partition coefficient (Wildman–Crippen LogP) is 2.72. The summed E-state index contributed by atoms with van der Waals surface area (Å²) in [5.74, 6) is 0.991. The fraction of sp³-hybridized carbons (Fsp3) is 0.500. The summed E-state index contributed by atoms with van der Waals surface area (Å²) < 4.78 is 5.84. The molecule has 2 saturated heterocycles. The number of nitrogens with zero attached hydrogens (tertiary/aromatic N) is 4. The second kappa shape index (κ2) is 8.32. The number of benzene rings is 1. The van der Waals surface area contributed by atoms with Crippen molar-refractivity contribution >= 4 is 23.6 Å². The minimum atomic E-state index is -0.721. The molecule has 2 amide bonds. The van der Waals surface area contributed by atoms with E-state index in [-0.39, 0.29) is 23.7 Å². The van der Waals surface area contributed by atoms with E-state index in [1.165, 1.54) is 0 Å². The lowest BCUT2D eigenvalue weighted by Crippen LogP contribution is -2.41. The van der Waals surface area contributed by atoms with Crippen LogP contribution in [0, 0.1) is 5.92 Å². The van der Waals surface area contributed by atoms with Crippen LogP contribution < -0.4 is 4.90 Å². The molecule has 36 heavy (non-hydrogen) atoms. The number of carbonyl (C=O) groups excluding carboxylic acids is 3. The molecule has 0 bridgehead atoms. The van der Waals surface area contributed by atoms with Crippen LogP contribution in [-0.2, 0) is 25.3 Å². The van der Waals surface area contributed by atoms with Crippen LogP contribution in [0.4, 0.5) is 5.82 Å². The third-order valence-electron chi connectivity index (χ3n) is 8.51. The van der Waals surface area contributed by atoms with Gasteiger partial charge in [0.05, 0.1) is 17.5 Å². The fourth-order valence-electron chi connectivity index (χ4n) is 6.23. The normalized spacial score (nSPS) is 24.6. The molecule has 0 N–H and O–H groups in total. The van der Waals surface area contributed by atoms with Gasteiger partial charge in [-0.25, -0.2) is 9.78 Å². The number of aromatic nitrogens is 1. The number of pyridine rings is 1. The lowest BCUT2D eigenvalue weighted by molar-refractivity contribution is -0.134. The summed E-state index contributed by atoms with van der Waals surface area (Å²) in [6.45, 7) is 2.59. The maximum absolute atomic E-state index is 13.7. The van der Waals surface area contributed by atoms with Gasteiger partial charge >= 0.3 is 5.97 Å². The monoisotopic (exact) mass is 488 g/mol. The Kier molecular flexibility index (Phi) is 5.32. The van der Waals surface area contributed by atoms with Gasteiger partial charge in [-0.1, -0.05) is 24.3 Å². The van der Waals surface area contributed by atoms with E-state index in [0.29, 0.717) is 25.1 Å². The van der Waals surface area contributed by atoms with Crippen molar-refractivity contribution in [1.82, 2.24) is 14.8 Å². The molecular formula is C28H32N4O4. The first-order valence-electron chi connectivity index (χ1n) is 12.9. The number of hydrogen-bond donors (Lipinski definition) is 0. The number of anilines is 1. The van der Waals surface area contributed by atoms with Crippen molar-refractivity contribution in [3.05, 3.63) is 59.3 Å². The number of amides is 2. The first kappa shape index (κ1) is 23.0. The van der Waals surface area contributed by atoms with E-state index in [9.17, 15) is 14.4 Å². The summed E-state index contributed by atoms with van der Waals surface area (Å²) in [6.07, 6.45) is 5.76. The third-order valence-corrected chi connectivity index (χ3v) is 8.51. The molecule has 4 aliphatic rings. The molecule has 2 aromatic rings. The van der Waals surface area contributed by atoms with Crippen LogP contribution in [0.25, 0.3) is 0 Å². The quantitative estimate of drug-likeness (QED) is 0.616. The largest absolute Gasteiger partial charge is 0.449 e. The van der Waals surface area contributed by atoms with Gasteiger partial charge in [0.25, 0.3) is 0 Å². The van der Waals surface area contributed by atoms with Crippen LogP contribution in [0.2, 0.25) is 0 Å². The van der Waals surface area contributed by atoms with Crippen molar-refractivity contribution in [1.29, 1.82) is 0 Å². The number of likely N-dealkylation sites (tertiary alicyclic amines) is 1. The maximum atomic E-state index is 13.7. The summed E-state index contributed by atoms with van der Waals surface area (Å²) in [7, 11) is 3.62. The van der Waals surface area contributed by atoms with Crippen LogP contribution in [0.15, 0.2) is 42.6 Å². The lowest BCUT2D eigenvalue weighted by atomic mass is 9.91. The molecule has 0 radical (unpaired) electrons. The Labute approximate surface area is 211 Å².